The van der Waals surface area contributed by atoms with Crippen LogP contribution in [0.4, 0.5) is 22.0 Å². The maximum atomic E-state index is 15.7. The molecule has 4 aliphatic carbocycles. The van der Waals surface area contributed by atoms with Gasteiger partial charge in [-0.3, -0.25) is 0 Å². The molecule has 9 unspecified atom stereocenters. The van der Waals surface area contributed by atoms with E-state index in [4.69, 9.17) is 9.47 Å². The Kier molecular flexibility index (Phi) is 3.21. The van der Waals surface area contributed by atoms with Crippen molar-refractivity contribution < 1.29 is 36.2 Å². The second kappa shape index (κ2) is 4.81. The monoisotopic (exact) mass is 380 g/mol. The molecule has 0 amide bonds. The van der Waals surface area contributed by atoms with Gasteiger partial charge in [-0.2, -0.15) is 22.0 Å². The first-order valence-corrected chi connectivity index (χ1v) is 9.03. The van der Waals surface area contributed by atoms with Gasteiger partial charge in [0.05, 0.1) is 6.61 Å². The van der Waals surface area contributed by atoms with Gasteiger partial charge in [-0.1, -0.05) is 12.2 Å². The lowest BCUT2D eigenvalue weighted by molar-refractivity contribution is -0.493. The summed E-state index contributed by atoms with van der Waals surface area (Å²) >= 11 is 0. The molecule has 5 rings (SSSR count). The van der Waals surface area contributed by atoms with E-state index >= 15 is 8.78 Å². The molecule has 4 fully saturated rings. The second-order valence-corrected chi connectivity index (χ2v) is 8.42. The number of rotatable bonds is 2. The summed E-state index contributed by atoms with van der Waals surface area (Å²) in [5.41, 5.74) is -2.21. The van der Waals surface area contributed by atoms with Crippen LogP contribution in [-0.2, 0) is 14.2 Å². The third-order valence-electron chi connectivity index (χ3n) is 8.06. The molecule has 1 saturated heterocycles. The number of hydrogen-bond acceptors (Lipinski definition) is 3. The van der Waals surface area contributed by atoms with Crippen LogP contribution >= 0.6 is 0 Å². The molecule has 1 aliphatic heterocycles. The predicted octanol–water partition coefficient (Wildman–Crippen LogP) is 3.65. The van der Waals surface area contributed by atoms with Gasteiger partial charge in [0.2, 0.25) is 0 Å². The van der Waals surface area contributed by atoms with Gasteiger partial charge in [0.15, 0.2) is 0 Å². The van der Waals surface area contributed by atoms with Crippen LogP contribution in [0.1, 0.15) is 12.8 Å². The lowest BCUT2D eigenvalue weighted by Gasteiger charge is -2.59. The molecule has 0 aromatic rings. The average molecular weight is 380 g/mol. The minimum atomic E-state index is -5.38. The third-order valence-corrected chi connectivity index (χ3v) is 8.06. The lowest BCUT2D eigenvalue weighted by atomic mass is 9.58. The van der Waals surface area contributed by atoms with Crippen LogP contribution in [0.2, 0.25) is 0 Å². The van der Waals surface area contributed by atoms with Crippen molar-refractivity contribution in [2.24, 2.45) is 41.4 Å². The summed E-state index contributed by atoms with van der Waals surface area (Å²) in [6.45, 7) is -0.428. The average Bonchev–Trinajstić information content (AvgIpc) is 3.31. The Morgan fingerprint density at radius 2 is 1.62 bits per heavy atom. The van der Waals surface area contributed by atoms with E-state index in [1.807, 2.05) is 0 Å². The van der Waals surface area contributed by atoms with Crippen molar-refractivity contribution in [3.05, 3.63) is 12.2 Å². The Balaban J connectivity index is 1.66. The molecular weight excluding hydrogens is 359 g/mol. The minimum Gasteiger partial charge on any atom is -0.371 e. The molecule has 5 aliphatic rings. The first kappa shape index (κ1) is 17.4. The number of allylic oxidation sites excluding steroid dienone is 2. The minimum absolute atomic E-state index is 0.0436. The van der Waals surface area contributed by atoms with Crippen LogP contribution in [0, 0.1) is 41.4 Å². The topological polar surface area (TPSA) is 27.7 Å². The Morgan fingerprint density at radius 1 is 0.962 bits per heavy atom. The highest BCUT2D eigenvalue weighted by atomic mass is 19.4. The predicted molar refractivity (Wildman–Crippen MR) is 79.2 cm³/mol. The van der Waals surface area contributed by atoms with Crippen molar-refractivity contribution in [2.45, 2.75) is 36.3 Å². The maximum Gasteiger partial charge on any atom is 0.450 e. The summed E-state index contributed by atoms with van der Waals surface area (Å²) < 4.78 is 87.1. The SMILES string of the molecule is COC12C(COC(OC)(C(F)(F)F)C1(F)F)C1CC2C2C3C=CC(C3)C12. The summed E-state index contributed by atoms with van der Waals surface area (Å²) in [6, 6.07) is 0. The standard InChI is InChI=1S/C18H21F5O3/c1-24-15-11-6-10(13-8-3-4-9(5-8)14(11)13)12(15)7-26-17(25-2,16(15,19)20)18(21,22)23/h3-4,8-14H,5-7H2,1-2H3. The van der Waals surface area contributed by atoms with Gasteiger partial charge < -0.3 is 14.2 Å². The lowest BCUT2D eigenvalue weighted by Crippen LogP contribution is -2.79. The molecule has 3 saturated carbocycles. The Morgan fingerprint density at radius 3 is 2.19 bits per heavy atom. The first-order valence-electron chi connectivity index (χ1n) is 9.03. The molecule has 4 bridgehead atoms. The van der Waals surface area contributed by atoms with Crippen LogP contribution in [0.5, 0.6) is 0 Å². The van der Waals surface area contributed by atoms with Gasteiger partial charge in [-0.15, -0.1) is 0 Å². The third kappa shape index (κ3) is 1.52. The maximum absolute atomic E-state index is 15.7. The van der Waals surface area contributed by atoms with Gasteiger partial charge in [0, 0.05) is 20.1 Å². The van der Waals surface area contributed by atoms with E-state index in [0.717, 1.165) is 13.5 Å². The highest BCUT2D eigenvalue weighted by Crippen LogP contribution is 2.75. The molecule has 0 aromatic heterocycles. The summed E-state index contributed by atoms with van der Waals surface area (Å²) in [6.07, 6.45) is 0.209. The fourth-order valence-electron chi connectivity index (χ4n) is 7.42. The van der Waals surface area contributed by atoms with Crippen molar-refractivity contribution in [1.29, 1.82) is 0 Å². The zero-order valence-electron chi connectivity index (χ0n) is 14.4. The van der Waals surface area contributed by atoms with Crippen molar-refractivity contribution in [3.63, 3.8) is 0 Å². The molecule has 0 aromatic carbocycles. The summed E-state index contributed by atoms with van der Waals surface area (Å²) in [7, 11) is 1.74. The van der Waals surface area contributed by atoms with Crippen LogP contribution in [0.15, 0.2) is 12.2 Å². The van der Waals surface area contributed by atoms with E-state index in [0.29, 0.717) is 19.4 Å². The Hall–Kier alpha value is -0.730. The molecule has 0 radical (unpaired) electrons. The number of fused-ring (bicyclic) bond motifs is 12. The molecule has 8 heteroatoms. The van der Waals surface area contributed by atoms with Crippen molar-refractivity contribution in [2.75, 3.05) is 20.8 Å². The molecule has 0 N–H and O–H groups in total. The second-order valence-electron chi connectivity index (χ2n) is 8.42. The van der Waals surface area contributed by atoms with Crippen LogP contribution in [0.3, 0.4) is 0 Å². The van der Waals surface area contributed by atoms with Gasteiger partial charge in [0.25, 0.3) is 0 Å². The zero-order valence-corrected chi connectivity index (χ0v) is 14.4. The molecule has 0 spiro atoms. The van der Waals surface area contributed by atoms with Crippen LogP contribution in [0.25, 0.3) is 0 Å². The van der Waals surface area contributed by atoms with Gasteiger partial charge >= 0.3 is 17.9 Å². The van der Waals surface area contributed by atoms with E-state index < -0.39 is 41.9 Å². The number of ether oxygens (including phenoxy) is 3. The highest BCUT2D eigenvalue weighted by Gasteiger charge is 2.89. The first-order chi connectivity index (χ1) is 12.2. The van der Waals surface area contributed by atoms with Gasteiger partial charge in [-0.25, -0.2) is 0 Å². The zero-order chi connectivity index (χ0) is 18.7. The number of alkyl halides is 5. The van der Waals surface area contributed by atoms with Crippen LogP contribution in [-0.4, -0.2) is 44.3 Å². The van der Waals surface area contributed by atoms with E-state index in [2.05, 4.69) is 16.9 Å². The van der Waals surface area contributed by atoms with Gasteiger partial charge in [-0.05, 0) is 48.3 Å². The van der Waals surface area contributed by atoms with E-state index in [9.17, 15) is 13.2 Å². The summed E-state index contributed by atoms with van der Waals surface area (Å²) in [5, 5.41) is 0. The molecular formula is C18H21F5O3. The number of halogens is 5. The molecule has 9 atom stereocenters. The van der Waals surface area contributed by atoms with E-state index in [-0.39, 0.29) is 23.7 Å². The Labute approximate surface area is 147 Å². The fourth-order valence-corrected chi connectivity index (χ4v) is 7.42. The van der Waals surface area contributed by atoms with Crippen molar-refractivity contribution >= 4 is 0 Å². The molecule has 3 nitrogen and oxygen atoms in total. The number of methoxy groups -OCH3 is 2. The van der Waals surface area contributed by atoms with Crippen molar-refractivity contribution in [1.82, 2.24) is 0 Å². The fraction of sp³-hybridized carbons (Fsp3) is 0.889. The van der Waals surface area contributed by atoms with E-state index in [1.165, 1.54) is 0 Å². The summed E-state index contributed by atoms with van der Waals surface area (Å²) in [5.74, 6) is -9.08. The van der Waals surface area contributed by atoms with Crippen molar-refractivity contribution in [3.8, 4) is 0 Å². The molecule has 26 heavy (non-hydrogen) atoms. The quantitative estimate of drug-likeness (QED) is 0.416. The molecule has 146 valence electrons. The van der Waals surface area contributed by atoms with Crippen LogP contribution < -0.4 is 0 Å². The smallest absolute Gasteiger partial charge is 0.371 e. The van der Waals surface area contributed by atoms with E-state index in [1.54, 1.807) is 0 Å². The highest BCUT2D eigenvalue weighted by molar-refractivity contribution is 5.30. The normalized spacial score (nSPS) is 56.0. The number of hydrogen-bond donors (Lipinski definition) is 0. The largest absolute Gasteiger partial charge is 0.450 e. The Bertz CT molecular complexity index is 664. The van der Waals surface area contributed by atoms with Gasteiger partial charge in [0.1, 0.15) is 5.60 Å². The molecule has 1 heterocycles. The summed E-state index contributed by atoms with van der Waals surface area (Å²) in [4.78, 5) is 0.